The maximum absolute atomic E-state index is 13.4. The van der Waals surface area contributed by atoms with E-state index >= 15 is 0 Å². The molecule has 0 aromatic heterocycles. The van der Waals surface area contributed by atoms with Gasteiger partial charge in [-0.15, -0.1) is 0 Å². The van der Waals surface area contributed by atoms with Crippen LogP contribution in [-0.2, 0) is 16.2 Å². The number of benzene rings is 2. The fraction of sp³-hybridized carbons (Fsp3) is 0.222. The highest BCUT2D eigenvalue weighted by Crippen LogP contribution is 2.18. The molecule has 0 saturated carbocycles. The molecule has 0 bridgehead atoms. The minimum absolute atomic E-state index is 0.0549. The number of alkyl halides is 2. The number of aryl methyl sites for hydroxylation is 1. The molecule has 0 unspecified atom stereocenters. The topological polar surface area (TPSA) is 59.9 Å². The van der Waals surface area contributed by atoms with E-state index in [0.29, 0.717) is 11.1 Å². The van der Waals surface area contributed by atoms with Crippen LogP contribution in [-0.4, -0.2) is 25.3 Å². The monoisotopic (exact) mass is 366 g/mol. The smallest absolute Gasteiger partial charge is 0.387 e. The van der Waals surface area contributed by atoms with Gasteiger partial charge in [0.05, 0.1) is 6.21 Å². The van der Waals surface area contributed by atoms with Crippen molar-refractivity contribution in [1.29, 1.82) is 0 Å². The third kappa shape index (κ3) is 6.12. The molecule has 0 heterocycles. The van der Waals surface area contributed by atoms with Gasteiger partial charge >= 0.3 is 6.61 Å². The Morgan fingerprint density at radius 1 is 1.27 bits per heavy atom. The number of hydrogen-bond donors (Lipinski definition) is 1. The SMILES string of the molecule is Cc1ccc(CNC(=O)CO/N=C/c2ccccc2OC(F)F)cc1F. The van der Waals surface area contributed by atoms with Gasteiger partial charge in [-0.05, 0) is 36.2 Å². The molecule has 0 aliphatic carbocycles. The molecule has 26 heavy (non-hydrogen) atoms. The third-order valence-corrected chi connectivity index (χ3v) is 3.32. The normalized spacial score (nSPS) is 11.0. The predicted molar refractivity (Wildman–Crippen MR) is 89.6 cm³/mol. The van der Waals surface area contributed by atoms with E-state index in [1.807, 2.05) is 0 Å². The Bertz CT molecular complexity index is 782. The number of oxime groups is 1. The van der Waals surface area contributed by atoms with Gasteiger partial charge < -0.3 is 14.9 Å². The zero-order valence-corrected chi connectivity index (χ0v) is 13.9. The lowest BCUT2D eigenvalue weighted by Crippen LogP contribution is -2.26. The summed E-state index contributed by atoms with van der Waals surface area (Å²) in [5, 5.41) is 6.11. The van der Waals surface area contributed by atoms with E-state index in [-0.39, 0.29) is 30.3 Å². The van der Waals surface area contributed by atoms with Gasteiger partial charge in [-0.25, -0.2) is 4.39 Å². The van der Waals surface area contributed by atoms with E-state index in [1.165, 1.54) is 30.5 Å². The predicted octanol–water partition coefficient (Wildman–Crippen LogP) is 3.40. The molecule has 2 aromatic rings. The Morgan fingerprint density at radius 3 is 2.77 bits per heavy atom. The van der Waals surface area contributed by atoms with E-state index in [1.54, 1.807) is 25.1 Å². The summed E-state index contributed by atoms with van der Waals surface area (Å²) in [4.78, 5) is 16.5. The molecule has 0 aliphatic heterocycles. The molecule has 1 N–H and O–H groups in total. The van der Waals surface area contributed by atoms with Crippen molar-refractivity contribution in [3.8, 4) is 5.75 Å². The second-order valence-electron chi connectivity index (χ2n) is 5.28. The van der Waals surface area contributed by atoms with Gasteiger partial charge in [0.25, 0.3) is 5.91 Å². The lowest BCUT2D eigenvalue weighted by Gasteiger charge is -2.07. The first-order valence-corrected chi connectivity index (χ1v) is 7.66. The third-order valence-electron chi connectivity index (χ3n) is 3.32. The van der Waals surface area contributed by atoms with Crippen molar-refractivity contribution in [1.82, 2.24) is 5.32 Å². The molecule has 0 spiro atoms. The van der Waals surface area contributed by atoms with Crippen molar-refractivity contribution in [3.63, 3.8) is 0 Å². The summed E-state index contributed by atoms with van der Waals surface area (Å²) < 4.78 is 42.3. The summed E-state index contributed by atoms with van der Waals surface area (Å²) >= 11 is 0. The Kier molecular flexibility index (Phi) is 7.02. The molecule has 0 atom stereocenters. The Labute approximate surface area is 148 Å². The fourth-order valence-electron chi connectivity index (χ4n) is 1.98. The second kappa shape index (κ2) is 9.45. The van der Waals surface area contributed by atoms with E-state index in [9.17, 15) is 18.0 Å². The molecule has 0 radical (unpaired) electrons. The molecular weight excluding hydrogens is 349 g/mol. The van der Waals surface area contributed by atoms with Crippen molar-refractivity contribution in [2.75, 3.05) is 6.61 Å². The first-order chi connectivity index (χ1) is 12.5. The quantitative estimate of drug-likeness (QED) is 0.575. The Hall–Kier alpha value is -3.03. The van der Waals surface area contributed by atoms with E-state index in [2.05, 4.69) is 15.2 Å². The van der Waals surface area contributed by atoms with Crippen molar-refractivity contribution in [2.24, 2.45) is 5.16 Å². The number of halogens is 3. The van der Waals surface area contributed by atoms with Crippen molar-refractivity contribution >= 4 is 12.1 Å². The number of nitrogens with one attached hydrogen (secondary N) is 1. The van der Waals surface area contributed by atoms with E-state index in [4.69, 9.17) is 4.84 Å². The largest absolute Gasteiger partial charge is 0.434 e. The van der Waals surface area contributed by atoms with Crippen LogP contribution in [0.5, 0.6) is 5.75 Å². The van der Waals surface area contributed by atoms with Crippen LogP contribution in [0.1, 0.15) is 16.7 Å². The number of amides is 1. The maximum atomic E-state index is 13.4. The molecule has 2 rings (SSSR count). The van der Waals surface area contributed by atoms with Crippen molar-refractivity contribution in [2.45, 2.75) is 20.1 Å². The first kappa shape index (κ1) is 19.3. The lowest BCUT2D eigenvalue weighted by molar-refractivity contribution is -0.125. The molecule has 0 saturated heterocycles. The first-order valence-electron chi connectivity index (χ1n) is 7.66. The summed E-state index contributed by atoms with van der Waals surface area (Å²) in [6.45, 7) is -1.53. The summed E-state index contributed by atoms with van der Waals surface area (Å²) in [5.41, 5.74) is 1.42. The number of carbonyl (C=O) groups excluding carboxylic acids is 1. The number of carbonyl (C=O) groups is 1. The minimum Gasteiger partial charge on any atom is -0.434 e. The highest BCUT2D eigenvalue weighted by molar-refractivity contribution is 5.83. The summed E-state index contributed by atoms with van der Waals surface area (Å²) in [5.74, 6) is -0.858. The average molecular weight is 366 g/mol. The van der Waals surface area contributed by atoms with Crippen LogP contribution in [0.15, 0.2) is 47.6 Å². The Balaban J connectivity index is 1.79. The number of nitrogens with zero attached hydrogens (tertiary/aromatic N) is 1. The molecule has 0 aliphatic rings. The average Bonchev–Trinajstić information content (AvgIpc) is 2.60. The van der Waals surface area contributed by atoms with Gasteiger partial charge in [0.2, 0.25) is 0 Å². The molecule has 138 valence electrons. The summed E-state index contributed by atoms with van der Waals surface area (Å²) in [6.07, 6.45) is 1.17. The minimum atomic E-state index is -2.96. The van der Waals surface area contributed by atoms with Gasteiger partial charge in [-0.1, -0.05) is 29.4 Å². The standard InChI is InChI=1S/C18H17F3N2O3/c1-12-6-7-13(8-15(12)19)9-22-17(24)11-25-23-10-14-4-2-3-5-16(14)26-18(20)21/h2-8,10,18H,9,11H2,1H3,(H,22,24)/b23-10+. The molecule has 2 aromatic carbocycles. The molecule has 8 heteroatoms. The van der Waals surface area contributed by atoms with Crippen LogP contribution in [0.4, 0.5) is 13.2 Å². The fourth-order valence-corrected chi connectivity index (χ4v) is 1.98. The molecular formula is C18H17F3N2O3. The van der Waals surface area contributed by atoms with Crippen LogP contribution >= 0.6 is 0 Å². The zero-order valence-electron chi connectivity index (χ0n) is 13.9. The number of rotatable bonds is 8. The zero-order chi connectivity index (χ0) is 18.9. The number of para-hydroxylation sites is 1. The lowest BCUT2D eigenvalue weighted by atomic mass is 10.1. The Morgan fingerprint density at radius 2 is 2.04 bits per heavy atom. The number of ether oxygens (including phenoxy) is 1. The van der Waals surface area contributed by atoms with Crippen LogP contribution < -0.4 is 10.1 Å². The molecule has 0 fully saturated rings. The van der Waals surface area contributed by atoms with E-state index in [0.717, 1.165) is 0 Å². The van der Waals surface area contributed by atoms with Crippen molar-refractivity contribution in [3.05, 3.63) is 65.0 Å². The summed E-state index contributed by atoms with van der Waals surface area (Å²) in [7, 11) is 0. The van der Waals surface area contributed by atoms with Crippen molar-refractivity contribution < 1.29 is 27.5 Å². The van der Waals surface area contributed by atoms with Crippen LogP contribution in [0.3, 0.4) is 0 Å². The van der Waals surface area contributed by atoms with Gasteiger partial charge in [-0.3, -0.25) is 4.79 Å². The summed E-state index contributed by atoms with van der Waals surface area (Å²) in [6, 6.07) is 10.7. The van der Waals surface area contributed by atoms with Gasteiger partial charge in [0.15, 0.2) is 6.61 Å². The van der Waals surface area contributed by atoms with Gasteiger partial charge in [0.1, 0.15) is 11.6 Å². The number of hydrogen-bond acceptors (Lipinski definition) is 4. The van der Waals surface area contributed by atoms with Crippen LogP contribution in [0.25, 0.3) is 0 Å². The maximum Gasteiger partial charge on any atom is 0.387 e. The van der Waals surface area contributed by atoms with Crippen LogP contribution in [0.2, 0.25) is 0 Å². The van der Waals surface area contributed by atoms with Crippen LogP contribution in [0, 0.1) is 12.7 Å². The molecule has 5 nitrogen and oxygen atoms in total. The van der Waals surface area contributed by atoms with E-state index < -0.39 is 12.5 Å². The highest BCUT2D eigenvalue weighted by Gasteiger charge is 2.08. The highest BCUT2D eigenvalue weighted by atomic mass is 19.3. The second-order valence-corrected chi connectivity index (χ2v) is 5.28. The van der Waals surface area contributed by atoms with Gasteiger partial charge in [0, 0.05) is 12.1 Å². The van der Waals surface area contributed by atoms with Gasteiger partial charge in [-0.2, -0.15) is 8.78 Å². The molecule has 1 amide bonds.